The zero-order chi connectivity index (χ0) is 12.5. The number of rotatable bonds is 3. The van der Waals surface area contributed by atoms with Crippen molar-refractivity contribution in [3.05, 3.63) is 32.8 Å². The molecule has 88 valence electrons. The molecule has 0 aliphatic heterocycles. The fraction of sp³-hybridized carbons (Fsp3) is 0.364. The quantitative estimate of drug-likeness (QED) is 0.442. The summed E-state index contributed by atoms with van der Waals surface area (Å²) >= 11 is 17.9. The zero-order valence-corrected chi connectivity index (χ0v) is 12.4. The minimum absolute atomic E-state index is 0.113. The van der Waals surface area contributed by atoms with Crippen LogP contribution in [0.25, 0.3) is 0 Å². The third kappa shape index (κ3) is 2.71. The second-order valence-corrected chi connectivity index (χ2v) is 6.28. The second kappa shape index (κ2) is 5.23. The standard InChI is InChI=1S/C11H12Cl3OP/c1-3-11(2,16)10(15)8-6(12)4-5-7(13)9(8)14/h4-5H,3,16H2,1-2H3. The number of ketones is 1. The van der Waals surface area contributed by atoms with Crippen molar-refractivity contribution in [2.75, 3.05) is 0 Å². The van der Waals surface area contributed by atoms with E-state index in [9.17, 15) is 4.79 Å². The van der Waals surface area contributed by atoms with Gasteiger partial charge in [-0.2, -0.15) is 0 Å². The number of hydrogen-bond donors (Lipinski definition) is 0. The topological polar surface area (TPSA) is 17.1 Å². The predicted molar refractivity (Wildman–Crippen MR) is 74.2 cm³/mol. The molecule has 0 bridgehead atoms. The smallest absolute Gasteiger partial charge is 0.175 e. The van der Waals surface area contributed by atoms with E-state index in [0.29, 0.717) is 22.0 Å². The molecule has 1 rings (SSSR count). The molecule has 2 unspecified atom stereocenters. The molecule has 1 aromatic rings. The van der Waals surface area contributed by atoms with E-state index in [1.165, 1.54) is 0 Å². The lowest BCUT2D eigenvalue weighted by Crippen LogP contribution is -2.27. The van der Waals surface area contributed by atoms with Gasteiger partial charge >= 0.3 is 0 Å². The van der Waals surface area contributed by atoms with Crippen LogP contribution >= 0.6 is 44.0 Å². The van der Waals surface area contributed by atoms with Crippen molar-refractivity contribution in [1.29, 1.82) is 0 Å². The van der Waals surface area contributed by atoms with Crippen LogP contribution in [0.4, 0.5) is 0 Å². The van der Waals surface area contributed by atoms with Gasteiger partial charge in [-0.3, -0.25) is 4.79 Å². The summed E-state index contributed by atoms with van der Waals surface area (Å²) in [6.07, 6.45) is 0.676. The molecule has 0 heterocycles. The Morgan fingerprint density at radius 1 is 1.31 bits per heavy atom. The van der Waals surface area contributed by atoms with E-state index in [2.05, 4.69) is 9.24 Å². The first kappa shape index (κ1) is 14.3. The molecule has 0 saturated carbocycles. The number of carbonyl (C=O) groups excluding carboxylic acids is 1. The van der Waals surface area contributed by atoms with Crippen LogP contribution in [0.2, 0.25) is 15.1 Å². The van der Waals surface area contributed by atoms with Crippen LogP contribution in [0, 0.1) is 0 Å². The van der Waals surface area contributed by atoms with Gasteiger partial charge in [0, 0.05) is 5.16 Å². The maximum absolute atomic E-state index is 12.2. The summed E-state index contributed by atoms with van der Waals surface area (Å²) in [7, 11) is 2.53. The van der Waals surface area contributed by atoms with Gasteiger partial charge in [0.15, 0.2) is 5.78 Å². The number of carbonyl (C=O) groups is 1. The molecule has 0 amide bonds. The van der Waals surface area contributed by atoms with E-state index in [4.69, 9.17) is 34.8 Å². The van der Waals surface area contributed by atoms with E-state index in [0.717, 1.165) is 0 Å². The van der Waals surface area contributed by atoms with Gasteiger partial charge in [0.05, 0.1) is 20.6 Å². The van der Waals surface area contributed by atoms with Gasteiger partial charge in [-0.25, -0.2) is 0 Å². The molecule has 0 radical (unpaired) electrons. The molecule has 0 aromatic heterocycles. The minimum atomic E-state index is -0.571. The Morgan fingerprint density at radius 2 is 1.81 bits per heavy atom. The summed E-state index contributed by atoms with van der Waals surface area (Å²) in [5.41, 5.74) is 0.301. The van der Waals surface area contributed by atoms with Crippen molar-refractivity contribution < 1.29 is 4.79 Å². The highest BCUT2D eigenvalue weighted by atomic mass is 35.5. The highest BCUT2D eigenvalue weighted by Crippen LogP contribution is 2.37. The van der Waals surface area contributed by atoms with Crippen LogP contribution in [-0.2, 0) is 0 Å². The lowest BCUT2D eigenvalue weighted by molar-refractivity contribution is 0.0948. The molecule has 5 heteroatoms. The van der Waals surface area contributed by atoms with Gasteiger partial charge in [-0.05, 0) is 25.5 Å². The summed E-state index contributed by atoms with van der Waals surface area (Å²) in [5.74, 6) is -0.113. The Morgan fingerprint density at radius 3 is 2.31 bits per heavy atom. The molecule has 2 atom stereocenters. The van der Waals surface area contributed by atoms with Crippen LogP contribution in [-0.4, -0.2) is 10.9 Å². The van der Waals surface area contributed by atoms with Crippen molar-refractivity contribution in [2.24, 2.45) is 0 Å². The Labute approximate surface area is 113 Å². The molecule has 0 fully saturated rings. The maximum atomic E-state index is 12.2. The maximum Gasteiger partial charge on any atom is 0.175 e. The van der Waals surface area contributed by atoms with Gasteiger partial charge in [0.2, 0.25) is 0 Å². The van der Waals surface area contributed by atoms with Crippen molar-refractivity contribution in [2.45, 2.75) is 25.4 Å². The highest BCUT2D eigenvalue weighted by molar-refractivity contribution is 7.21. The van der Waals surface area contributed by atoms with Crippen LogP contribution in [0.1, 0.15) is 30.6 Å². The molecule has 1 aromatic carbocycles. The van der Waals surface area contributed by atoms with Gasteiger partial charge in [0.1, 0.15) is 0 Å². The van der Waals surface area contributed by atoms with E-state index in [1.807, 2.05) is 13.8 Å². The predicted octanol–water partition coefficient (Wildman–Crippen LogP) is 4.87. The average molecular weight is 298 g/mol. The van der Waals surface area contributed by atoms with Crippen LogP contribution in [0.3, 0.4) is 0 Å². The van der Waals surface area contributed by atoms with Crippen LogP contribution in [0.5, 0.6) is 0 Å². The van der Waals surface area contributed by atoms with Gasteiger partial charge < -0.3 is 0 Å². The highest BCUT2D eigenvalue weighted by Gasteiger charge is 2.30. The molecular formula is C11H12Cl3OP. The molecule has 16 heavy (non-hydrogen) atoms. The molecule has 0 aliphatic rings. The fourth-order valence-electron chi connectivity index (χ4n) is 1.18. The second-order valence-electron chi connectivity index (χ2n) is 3.82. The van der Waals surface area contributed by atoms with E-state index >= 15 is 0 Å². The van der Waals surface area contributed by atoms with Crippen molar-refractivity contribution in [3.8, 4) is 0 Å². The Hall–Kier alpha value is 0.190. The Bertz CT molecular complexity index is 429. The van der Waals surface area contributed by atoms with E-state index in [-0.39, 0.29) is 10.8 Å². The van der Waals surface area contributed by atoms with Gasteiger partial charge in [-0.15, -0.1) is 9.24 Å². The van der Waals surface area contributed by atoms with Gasteiger partial charge in [0.25, 0.3) is 0 Å². The third-order valence-corrected chi connectivity index (χ3v) is 4.31. The SMILES string of the molecule is CCC(C)(P)C(=O)c1c(Cl)ccc(Cl)c1Cl. The Kier molecular flexibility index (Phi) is 4.66. The molecule has 0 spiro atoms. The van der Waals surface area contributed by atoms with Crippen LogP contribution in [0.15, 0.2) is 12.1 Å². The molecule has 1 nitrogen and oxygen atoms in total. The monoisotopic (exact) mass is 296 g/mol. The molecular weight excluding hydrogens is 285 g/mol. The van der Waals surface area contributed by atoms with E-state index < -0.39 is 5.16 Å². The van der Waals surface area contributed by atoms with Crippen molar-refractivity contribution in [3.63, 3.8) is 0 Å². The van der Waals surface area contributed by atoms with Crippen LogP contribution < -0.4 is 0 Å². The van der Waals surface area contributed by atoms with Gasteiger partial charge in [-0.1, -0.05) is 41.7 Å². The van der Waals surface area contributed by atoms with E-state index in [1.54, 1.807) is 12.1 Å². The number of halogens is 3. The molecule has 0 N–H and O–H groups in total. The number of Topliss-reactive ketones (excluding diaryl/α,β-unsaturated/α-hetero) is 1. The first-order valence-corrected chi connectivity index (χ1v) is 6.49. The number of benzene rings is 1. The lowest BCUT2D eigenvalue weighted by atomic mass is 9.96. The normalized spacial score (nSPS) is 14.6. The summed E-state index contributed by atoms with van der Waals surface area (Å²) < 4.78 is 0. The summed E-state index contributed by atoms with van der Waals surface area (Å²) in [6.45, 7) is 3.75. The van der Waals surface area contributed by atoms with Crippen molar-refractivity contribution >= 4 is 49.8 Å². The number of hydrogen-bond acceptors (Lipinski definition) is 1. The minimum Gasteiger partial charge on any atom is -0.293 e. The summed E-state index contributed by atoms with van der Waals surface area (Å²) in [4.78, 5) is 12.2. The largest absolute Gasteiger partial charge is 0.293 e. The van der Waals surface area contributed by atoms with Crippen molar-refractivity contribution in [1.82, 2.24) is 0 Å². The third-order valence-electron chi connectivity index (χ3n) is 2.52. The zero-order valence-electron chi connectivity index (χ0n) is 8.98. The first-order valence-electron chi connectivity index (χ1n) is 4.78. The molecule has 0 saturated heterocycles. The first-order chi connectivity index (χ1) is 7.31. The summed E-state index contributed by atoms with van der Waals surface area (Å²) in [5, 5.41) is 0.326. The molecule has 0 aliphatic carbocycles. The Balaban J connectivity index is 3.34. The summed E-state index contributed by atoms with van der Waals surface area (Å²) in [6, 6.07) is 3.16. The fourth-order valence-corrected chi connectivity index (χ4v) is 2.03. The lowest BCUT2D eigenvalue weighted by Gasteiger charge is -2.22. The average Bonchev–Trinajstić information content (AvgIpc) is 2.24.